The van der Waals surface area contributed by atoms with Crippen molar-refractivity contribution in [2.45, 2.75) is 20.5 Å². The smallest absolute Gasteiger partial charge is 0.255 e. The van der Waals surface area contributed by atoms with Gasteiger partial charge in [0.2, 0.25) is 0 Å². The summed E-state index contributed by atoms with van der Waals surface area (Å²) in [5, 5.41) is 9.59. The van der Waals surface area contributed by atoms with Crippen molar-refractivity contribution in [1.82, 2.24) is 10.5 Å². The Kier molecular flexibility index (Phi) is 8.50. The van der Waals surface area contributed by atoms with Crippen LogP contribution in [-0.4, -0.2) is 44.3 Å². The highest BCUT2D eigenvalue weighted by Crippen LogP contribution is 2.30. The van der Waals surface area contributed by atoms with Crippen molar-refractivity contribution in [1.29, 1.82) is 0 Å². The van der Waals surface area contributed by atoms with Crippen LogP contribution in [0.5, 0.6) is 11.5 Å². The molecule has 0 bridgehead atoms. The van der Waals surface area contributed by atoms with Crippen molar-refractivity contribution in [3.05, 3.63) is 69.6 Å². The number of hydrogen-bond donors (Lipinski definition) is 2. The summed E-state index contributed by atoms with van der Waals surface area (Å²) in [5.74, 6) is 0.872. The van der Waals surface area contributed by atoms with E-state index in [2.05, 4.69) is 15.8 Å². The molecule has 2 aromatic carbocycles. The second kappa shape index (κ2) is 11.5. The first-order valence-corrected chi connectivity index (χ1v) is 10.8. The number of ether oxygens (including phenoxy) is 3. The molecule has 0 aliphatic heterocycles. The number of halogens is 1. The van der Waals surface area contributed by atoms with Crippen LogP contribution in [0.2, 0.25) is 5.02 Å². The lowest BCUT2D eigenvalue weighted by Gasteiger charge is -2.13. The van der Waals surface area contributed by atoms with Crippen LogP contribution >= 0.6 is 11.6 Å². The molecule has 0 atom stereocenters. The van der Waals surface area contributed by atoms with Gasteiger partial charge in [0, 0.05) is 24.9 Å². The molecular formula is C24H26ClN3O6. The second-order valence-electron chi connectivity index (χ2n) is 7.35. The molecule has 34 heavy (non-hydrogen) atoms. The van der Waals surface area contributed by atoms with Gasteiger partial charge < -0.3 is 29.4 Å². The zero-order valence-electron chi connectivity index (χ0n) is 19.4. The van der Waals surface area contributed by atoms with Crippen LogP contribution in [0.4, 0.5) is 5.69 Å². The number of carbonyl (C=O) groups excluding carboxylic acids is 2. The van der Waals surface area contributed by atoms with Crippen molar-refractivity contribution >= 4 is 29.1 Å². The lowest BCUT2D eigenvalue weighted by Crippen LogP contribution is -2.27. The van der Waals surface area contributed by atoms with Gasteiger partial charge in [-0.15, -0.1) is 0 Å². The average molecular weight is 488 g/mol. The van der Waals surface area contributed by atoms with Crippen LogP contribution in [0.25, 0.3) is 0 Å². The molecule has 0 radical (unpaired) electrons. The van der Waals surface area contributed by atoms with Gasteiger partial charge in [0.15, 0.2) is 11.5 Å². The molecule has 3 rings (SSSR count). The number of nitrogens with one attached hydrogen (secondary N) is 2. The fourth-order valence-electron chi connectivity index (χ4n) is 3.13. The highest BCUT2D eigenvalue weighted by molar-refractivity contribution is 6.34. The molecule has 2 amide bonds. The number of methoxy groups -OCH3 is 2. The standard InChI is InChI=1S/C24H26ClN3O6/c1-14-19(15(2)34-28-14)13-33-21-8-5-16(11-22(21)32-4)23(29)27-17-6-7-18(20(25)12-17)24(30)26-9-10-31-3/h5-8,11-12H,9-10,13H2,1-4H3,(H,26,30)(H,27,29). The van der Waals surface area contributed by atoms with E-state index in [4.69, 9.17) is 30.3 Å². The van der Waals surface area contributed by atoms with E-state index < -0.39 is 0 Å². The van der Waals surface area contributed by atoms with Gasteiger partial charge in [-0.2, -0.15) is 0 Å². The first kappa shape index (κ1) is 25.1. The number of rotatable bonds is 10. The number of aryl methyl sites for hydroxylation is 2. The van der Waals surface area contributed by atoms with Crippen LogP contribution in [0, 0.1) is 13.8 Å². The minimum absolute atomic E-state index is 0.216. The Hall–Kier alpha value is -3.56. The Bertz CT molecular complexity index is 1160. The molecule has 2 N–H and O–H groups in total. The number of benzene rings is 2. The van der Waals surface area contributed by atoms with Crippen molar-refractivity contribution in [2.24, 2.45) is 0 Å². The maximum Gasteiger partial charge on any atom is 0.255 e. The first-order chi connectivity index (χ1) is 16.3. The second-order valence-corrected chi connectivity index (χ2v) is 7.76. The summed E-state index contributed by atoms with van der Waals surface area (Å²) in [6.07, 6.45) is 0. The molecule has 1 aromatic heterocycles. The van der Waals surface area contributed by atoms with E-state index in [9.17, 15) is 9.59 Å². The monoisotopic (exact) mass is 487 g/mol. The van der Waals surface area contributed by atoms with Crippen molar-refractivity contribution < 1.29 is 28.3 Å². The Morgan fingerprint density at radius 1 is 1.06 bits per heavy atom. The molecule has 0 saturated carbocycles. The summed E-state index contributed by atoms with van der Waals surface area (Å²) >= 11 is 6.24. The lowest BCUT2D eigenvalue weighted by molar-refractivity contribution is 0.0936. The van der Waals surface area contributed by atoms with Gasteiger partial charge in [-0.05, 0) is 50.2 Å². The van der Waals surface area contributed by atoms with E-state index in [0.717, 1.165) is 11.3 Å². The largest absolute Gasteiger partial charge is 0.493 e. The average Bonchev–Trinajstić information content (AvgIpc) is 3.14. The Labute approximate surface area is 202 Å². The van der Waals surface area contributed by atoms with Gasteiger partial charge in [-0.25, -0.2) is 0 Å². The Morgan fingerprint density at radius 3 is 2.50 bits per heavy atom. The maximum absolute atomic E-state index is 12.8. The van der Waals surface area contributed by atoms with Gasteiger partial charge in [-0.3, -0.25) is 9.59 Å². The summed E-state index contributed by atoms with van der Waals surface area (Å²) < 4.78 is 21.3. The fraction of sp³-hybridized carbons (Fsp3) is 0.292. The maximum atomic E-state index is 12.8. The number of aromatic nitrogens is 1. The van der Waals surface area contributed by atoms with E-state index >= 15 is 0 Å². The van der Waals surface area contributed by atoms with Gasteiger partial charge in [-0.1, -0.05) is 16.8 Å². The van der Waals surface area contributed by atoms with E-state index in [1.165, 1.54) is 13.2 Å². The summed E-state index contributed by atoms with van der Waals surface area (Å²) in [5.41, 5.74) is 2.72. The van der Waals surface area contributed by atoms with Crippen molar-refractivity contribution in [2.75, 3.05) is 32.7 Å². The molecule has 0 fully saturated rings. The molecule has 10 heteroatoms. The highest BCUT2D eigenvalue weighted by Gasteiger charge is 2.16. The summed E-state index contributed by atoms with van der Waals surface area (Å²) in [6, 6.07) is 9.53. The summed E-state index contributed by atoms with van der Waals surface area (Å²) in [7, 11) is 3.05. The first-order valence-electron chi connectivity index (χ1n) is 10.4. The zero-order valence-corrected chi connectivity index (χ0v) is 20.1. The highest BCUT2D eigenvalue weighted by atomic mass is 35.5. The fourth-order valence-corrected chi connectivity index (χ4v) is 3.39. The number of nitrogens with zero attached hydrogens (tertiary/aromatic N) is 1. The van der Waals surface area contributed by atoms with E-state index in [1.807, 2.05) is 13.8 Å². The molecule has 0 aliphatic rings. The number of amides is 2. The van der Waals surface area contributed by atoms with Gasteiger partial charge in [0.05, 0.1) is 35.6 Å². The van der Waals surface area contributed by atoms with E-state index in [-0.39, 0.29) is 23.4 Å². The molecule has 3 aromatic rings. The Morgan fingerprint density at radius 2 is 1.85 bits per heavy atom. The van der Waals surface area contributed by atoms with Crippen LogP contribution < -0.4 is 20.1 Å². The van der Waals surface area contributed by atoms with E-state index in [0.29, 0.717) is 47.2 Å². The minimum Gasteiger partial charge on any atom is -0.493 e. The number of carbonyl (C=O) groups is 2. The SMILES string of the molecule is COCCNC(=O)c1ccc(NC(=O)c2ccc(OCc3c(C)noc3C)c(OC)c2)cc1Cl. The molecule has 0 aliphatic carbocycles. The molecule has 9 nitrogen and oxygen atoms in total. The third-order valence-corrected chi connectivity index (χ3v) is 5.36. The third-order valence-electron chi connectivity index (χ3n) is 5.04. The molecule has 0 saturated heterocycles. The van der Waals surface area contributed by atoms with Crippen LogP contribution in [-0.2, 0) is 11.3 Å². The molecule has 0 spiro atoms. The van der Waals surface area contributed by atoms with Gasteiger partial charge >= 0.3 is 0 Å². The number of hydrogen-bond acceptors (Lipinski definition) is 7. The minimum atomic E-state index is -0.371. The Balaban J connectivity index is 1.67. The molecule has 180 valence electrons. The van der Waals surface area contributed by atoms with Crippen LogP contribution in [0.3, 0.4) is 0 Å². The normalized spacial score (nSPS) is 10.6. The lowest BCUT2D eigenvalue weighted by atomic mass is 10.1. The van der Waals surface area contributed by atoms with Crippen LogP contribution in [0.1, 0.15) is 37.7 Å². The molecule has 1 heterocycles. The van der Waals surface area contributed by atoms with Crippen molar-refractivity contribution in [3.63, 3.8) is 0 Å². The summed E-state index contributed by atoms with van der Waals surface area (Å²) in [6.45, 7) is 4.67. The predicted molar refractivity (Wildman–Crippen MR) is 127 cm³/mol. The molecule has 0 unspecified atom stereocenters. The predicted octanol–water partition coefficient (Wildman–Crippen LogP) is 4.16. The topological polar surface area (TPSA) is 112 Å². The summed E-state index contributed by atoms with van der Waals surface area (Å²) in [4.78, 5) is 25.0. The van der Waals surface area contributed by atoms with Crippen molar-refractivity contribution in [3.8, 4) is 11.5 Å². The van der Waals surface area contributed by atoms with Crippen LogP contribution in [0.15, 0.2) is 40.9 Å². The number of anilines is 1. The van der Waals surface area contributed by atoms with Gasteiger partial charge in [0.1, 0.15) is 12.4 Å². The van der Waals surface area contributed by atoms with E-state index in [1.54, 1.807) is 37.4 Å². The third kappa shape index (κ3) is 6.06. The zero-order chi connectivity index (χ0) is 24.7. The quantitative estimate of drug-likeness (QED) is 0.413. The molecular weight excluding hydrogens is 462 g/mol. The van der Waals surface area contributed by atoms with Gasteiger partial charge in [0.25, 0.3) is 11.8 Å².